The van der Waals surface area contributed by atoms with Crippen LogP contribution in [0.4, 0.5) is 0 Å². The minimum absolute atomic E-state index is 0.0190. The maximum atomic E-state index is 12.5. The molecule has 1 atom stereocenters. The van der Waals surface area contributed by atoms with Gasteiger partial charge in [-0.25, -0.2) is 9.98 Å². The topological polar surface area (TPSA) is 102 Å². The highest BCUT2D eigenvalue weighted by atomic mass is 32.2. The highest BCUT2D eigenvalue weighted by Crippen LogP contribution is 2.33. The fourth-order valence-electron chi connectivity index (χ4n) is 1.74. The average molecular weight is 353 g/mol. The normalized spacial score (nSPS) is 21.1. The Hall–Kier alpha value is -1.62. The van der Waals surface area contributed by atoms with E-state index in [-0.39, 0.29) is 10.8 Å². The molecule has 1 unspecified atom stereocenters. The first-order valence-corrected chi connectivity index (χ1v) is 8.53. The molecule has 3 N–H and O–H groups in total. The van der Waals surface area contributed by atoms with Gasteiger partial charge in [-0.15, -0.1) is 11.3 Å². The van der Waals surface area contributed by atoms with Crippen LogP contribution in [0.25, 0.3) is 10.2 Å². The van der Waals surface area contributed by atoms with Crippen molar-refractivity contribution < 1.29 is 9.63 Å². The molecule has 1 aliphatic rings. The van der Waals surface area contributed by atoms with Crippen molar-refractivity contribution in [3.05, 3.63) is 24.3 Å². The molecule has 2 heterocycles. The van der Waals surface area contributed by atoms with Crippen LogP contribution in [0.2, 0.25) is 0 Å². The lowest BCUT2D eigenvalue weighted by atomic mass is 10.3. The van der Waals surface area contributed by atoms with E-state index in [2.05, 4.69) is 19.9 Å². The number of rotatable bonds is 4. The van der Waals surface area contributed by atoms with E-state index >= 15 is 0 Å². The number of thiazole rings is 1. The van der Waals surface area contributed by atoms with Crippen LogP contribution in [0.3, 0.4) is 0 Å². The summed E-state index contributed by atoms with van der Waals surface area (Å²) in [6.45, 7) is 0. The fourth-order valence-corrected chi connectivity index (χ4v) is 4.37. The number of aromatic nitrogens is 1. The van der Waals surface area contributed by atoms with Gasteiger partial charge in [-0.1, -0.05) is 17.3 Å². The van der Waals surface area contributed by atoms with E-state index in [1.54, 1.807) is 0 Å². The van der Waals surface area contributed by atoms with Crippen molar-refractivity contribution in [1.29, 1.82) is 0 Å². The Kier molecular flexibility index (Phi) is 4.34. The zero-order valence-corrected chi connectivity index (χ0v) is 13.8. The number of hydrogen-bond donors (Lipinski definition) is 2. The Morgan fingerprint density at radius 3 is 3.00 bits per heavy atom. The van der Waals surface area contributed by atoms with Crippen LogP contribution in [-0.4, -0.2) is 34.3 Å². The van der Waals surface area contributed by atoms with Gasteiger partial charge >= 0.3 is 0 Å². The van der Waals surface area contributed by atoms with E-state index in [1.807, 2.05) is 24.3 Å². The van der Waals surface area contributed by atoms with Crippen LogP contribution in [0, 0.1) is 0 Å². The van der Waals surface area contributed by atoms with Gasteiger partial charge in [0.2, 0.25) is 10.1 Å². The number of thioether (sulfide) groups is 1. The van der Waals surface area contributed by atoms with Gasteiger partial charge in [-0.3, -0.25) is 10.5 Å². The molecule has 0 aliphatic carbocycles. The predicted octanol–water partition coefficient (Wildman–Crippen LogP) is 1.81. The van der Waals surface area contributed by atoms with Crippen molar-refractivity contribution in [2.75, 3.05) is 7.11 Å². The molecule has 1 aromatic carbocycles. The molecule has 10 heteroatoms. The highest BCUT2D eigenvalue weighted by Gasteiger charge is 2.40. The number of carbonyl (C=O) groups excluding carboxylic acids is 1. The van der Waals surface area contributed by atoms with Gasteiger partial charge in [0, 0.05) is 11.9 Å². The summed E-state index contributed by atoms with van der Waals surface area (Å²) in [5.74, 6) is 0. The van der Waals surface area contributed by atoms with Crippen LogP contribution in [0.15, 0.2) is 38.8 Å². The minimum Gasteiger partial charge on any atom is -0.399 e. The maximum Gasteiger partial charge on any atom is 0.248 e. The summed E-state index contributed by atoms with van der Waals surface area (Å²) in [6, 6.07) is 7.69. The first-order valence-electron chi connectivity index (χ1n) is 6.08. The smallest absolute Gasteiger partial charge is 0.248 e. The molecule has 0 amide bonds. The summed E-state index contributed by atoms with van der Waals surface area (Å²) in [5.41, 5.74) is 6.93. The van der Waals surface area contributed by atoms with Gasteiger partial charge < -0.3 is 9.56 Å². The summed E-state index contributed by atoms with van der Waals surface area (Å²) in [7, 11) is 1.36. The van der Waals surface area contributed by atoms with E-state index < -0.39 is 4.99 Å². The Morgan fingerprint density at radius 1 is 1.50 bits per heavy atom. The van der Waals surface area contributed by atoms with E-state index in [9.17, 15) is 4.79 Å². The molecule has 22 heavy (non-hydrogen) atoms. The maximum absolute atomic E-state index is 12.5. The second kappa shape index (κ2) is 6.24. The van der Waals surface area contributed by atoms with Crippen LogP contribution in [0.1, 0.15) is 0 Å². The van der Waals surface area contributed by atoms with Crippen LogP contribution >= 0.6 is 35.0 Å². The lowest BCUT2D eigenvalue weighted by molar-refractivity contribution is -0.105. The van der Waals surface area contributed by atoms with Crippen LogP contribution in [-0.2, 0) is 9.63 Å². The molecule has 0 spiro atoms. The Morgan fingerprint density at radius 2 is 2.32 bits per heavy atom. The number of oxime groups is 1. The molecule has 1 aliphatic heterocycles. The number of fused-ring (bicyclic) bond motifs is 1. The van der Waals surface area contributed by atoms with Crippen molar-refractivity contribution in [2.24, 2.45) is 15.9 Å². The first-order chi connectivity index (χ1) is 10.6. The van der Waals surface area contributed by atoms with Crippen LogP contribution < -0.4 is 10.5 Å². The van der Waals surface area contributed by atoms with Crippen LogP contribution in [0.5, 0.6) is 0 Å². The van der Waals surface area contributed by atoms with Gasteiger partial charge in [0.1, 0.15) is 7.11 Å². The lowest BCUT2D eigenvalue weighted by Crippen LogP contribution is -2.45. The third kappa shape index (κ3) is 2.95. The largest absolute Gasteiger partial charge is 0.399 e. The summed E-state index contributed by atoms with van der Waals surface area (Å²) in [4.78, 5) is 24.4. The zero-order chi connectivity index (χ0) is 15.6. The molecular weight excluding hydrogens is 342 g/mol. The molecule has 3 rings (SSSR count). The molecule has 114 valence electrons. The third-order valence-electron chi connectivity index (χ3n) is 2.69. The standard InChI is InChI=1S/C12H11N5O2S3/c1-19-17-9(12(13)14-6-15-22-12)10(18)21-11-16-7-4-2-3-5-8(7)20-11/h2-6H,13H2,1H3,(H,14,15)/b17-9+. The SMILES string of the molecule is CO/N=C(\C(=O)Sc1nc2ccccc2s1)C1(N)N=CNS1. The molecule has 0 saturated heterocycles. The van der Waals surface area contributed by atoms with Crippen molar-refractivity contribution in [3.8, 4) is 0 Å². The highest BCUT2D eigenvalue weighted by molar-refractivity contribution is 8.17. The molecule has 2 aromatic rings. The van der Waals surface area contributed by atoms with E-state index in [0.717, 1.165) is 33.9 Å². The van der Waals surface area contributed by atoms with E-state index in [1.165, 1.54) is 24.8 Å². The van der Waals surface area contributed by atoms with Gasteiger partial charge in [-0.05, 0) is 23.9 Å². The molecule has 0 saturated carbocycles. The number of benzene rings is 1. The van der Waals surface area contributed by atoms with Crippen molar-refractivity contribution >= 4 is 62.4 Å². The first kappa shape index (κ1) is 15.3. The third-order valence-corrected chi connectivity index (χ3v) is 5.50. The van der Waals surface area contributed by atoms with E-state index in [4.69, 9.17) is 10.6 Å². The predicted molar refractivity (Wildman–Crippen MR) is 91.1 cm³/mol. The monoisotopic (exact) mass is 353 g/mol. The van der Waals surface area contributed by atoms with Crippen molar-refractivity contribution in [2.45, 2.75) is 9.33 Å². The van der Waals surface area contributed by atoms with E-state index in [0.29, 0.717) is 4.34 Å². The molecule has 1 aromatic heterocycles. The van der Waals surface area contributed by atoms with Crippen molar-refractivity contribution in [1.82, 2.24) is 9.71 Å². The second-order valence-corrected chi connectivity index (χ2v) is 7.45. The number of nitrogens with two attached hydrogens (primary N) is 1. The molecule has 0 radical (unpaired) electrons. The number of hydrogen-bond acceptors (Lipinski definition) is 10. The molecule has 7 nitrogen and oxygen atoms in total. The molecule has 0 bridgehead atoms. The Bertz CT molecular complexity index is 742. The number of aliphatic imine (C=N–C) groups is 1. The van der Waals surface area contributed by atoms with Gasteiger partial charge in [0.15, 0.2) is 10.1 Å². The van der Waals surface area contributed by atoms with Crippen molar-refractivity contribution in [3.63, 3.8) is 0 Å². The van der Waals surface area contributed by atoms with Gasteiger partial charge in [0.05, 0.1) is 16.6 Å². The average Bonchev–Trinajstić information content (AvgIpc) is 3.10. The zero-order valence-electron chi connectivity index (χ0n) is 11.3. The summed E-state index contributed by atoms with van der Waals surface area (Å²) >= 11 is 3.48. The number of para-hydroxylation sites is 1. The Balaban J connectivity index is 1.85. The molecule has 0 fully saturated rings. The fraction of sp³-hybridized carbons (Fsp3) is 0.167. The molecular formula is C12H11N5O2S3. The number of nitrogens with zero attached hydrogens (tertiary/aromatic N) is 3. The van der Waals surface area contributed by atoms with Gasteiger partial charge in [-0.2, -0.15) is 0 Å². The second-order valence-electron chi connectivity index (χ2n) is 4.13. The summed E-state index contributed by atoms with van der Waals surface area (Å²) < 4.78 is 4.42. The minimum atomic E-state index is -1.29. The Labute approximate surface area is 138 Å². The number of carbonyl (C=O) groups is 1. The number of nitrogens with one attached hydrogen (secondary N) is 1. The summed E-state index contributed by atoms with van der Waals surface area (Å²) in [5, 5.41) is 3.40. The lowest BCUT2D eigenvalue weighted by Gasteiger charge is -2.18. The summed E-state index contributed by atoms with van der Waals surface area (Å²) in [6.07, 6.45) is 1.42. The quantitative estimate of drug-likeness (QED) is 0.374. The van der Waals surface area contributed by atoms with Gasteiger partial charge in [0.25, 0.3) is 0 Å².